The minimum absolute atomic E-state index is 0.271. The number of fused-ring (bicyclic) bond motifs is 1. The number of amides is 1. The summed E-state index contributed by atoms with van der Waals surface area (Å²) >= 11 is 0. The molecule has 0 saturated heterocycles. The summed E-state index contributed by atoms with van der Waals surface area (Å²) in [6.45, 7) is 0.271. The number of benzene rings is 1. The lowest BCUT2D eigenvalue weighted by Crippen LogP contribution is -2.27. The highest BCUT2D eigenvalue weighted by atomic mass is 16.3. The monoisotopic (exact) mass is 271 g/mol. The first-order valence-corrected chi connectivity index (χ1v) is 6.15. The Hall–Kier alpha value is -2.76. The molecule has 20 heavy (non-hydrogen) atoms. The minimum atomic E-state index is -0.327. The molecular formula is C14H13N3O3. The van der Waals surface area contributed by atoms with Crippen molar-refractivity contribution in [2.75, 3.05) is 0 Å². The number of nitrogens with zero attached hydrogens (tertiary/aromatic N) is 1. The van der Waals surface area contributed by atoms with E-state index in [9.17, 15) is 9.59 Å². The molecule has 0 saturated carbocycles. The van der Waals surface area contributed by atoms with Crippen LogP contribution in [0.4, 0.5) is 0 Å². The highest BCUT2D eigenvalue weighted by Gasteiger charge is 2.12. The SMILES string of the molecule is Cn1c(C(=O)NCc2cc3ccccc3o2)c[nH]c1=O. The number of nitrogens with one attached hydrogen (secondary N) is 2. The van der Waals surface area contributed by atoms with E-state index in [1.54, 1.807) is 0 Å². The lowest BCUT2D eigenvalue weighted by Gasteiger charge is -2.02. The Morgan fingerprint density at radius 1 is 1.40 bits per heavy atom. The summed E-state index contributed by atoms with van der Waals surface area (Å²) in [5, 5.41) is 3.71. The fraction of sp³-hybridized carbons (Fsp3) is 0.143. The number of carbonyl (C=O) groups excluding carboxylic acids is 1. The van der Waals surface area contributed by atoms with Crippen LogP contribution in [-0.4, -0.2) is 15.5 Å². The van der Waals surface area contributed by atoms with Crippen molar-refractivity contribution in [3.05, 3.63) is 58.5 Å². The summed E-state index contributed by atoms with van der Waals surface area (Å²) < 4.78 is 6.86. The smallest absolute Gasteiger partial charge is 0.325 e. The molecule has 0 unspecified atom stereocenters. The highest BCUT2D eigenvalue weighted by Crippen LogP contribution is 2.18. The normalized spacial score (nSPS) is 10.8. The minimum Gasteiger partial charge on any atom is -0.459 e. The van der Waals surface area contributed by atoms with Gasteiger partial charge in [0.2, 0.25) is 0 Å². The highest BCUT2D eigenvalue weighted by molar-refractivity contribution is 5.92. The van der Waals surface area contributed by atoms with Gasteiger partial charge in [-0.05, 0) is 12.1 Å². The number of hydrogen-bond acceptors (Lipinski definition) is 3. The van der Waals surface area contributed by atoms with Crippen molar-refractivity contribution in [3.8, 4) is 0 Å². The molecule has 3 aromatic rings. The first kappa shape index (κ1) is 12.3. The van der Waals surface area contributed by atoms with Crippen LogP contribution in [0, 0.1) is 0 Å². The fourth-order valence-corrected chi connectivity index (χ4v) is 2.03. The third-order valence-corrected chi connectivity index (χ3v) is 3.13. The maximum absolute atomic E-state index is 11.9. The molecule has 0 bridgehead atoms. The standard InChI is InChI=1S/C14H13N3O3/c1-17-11(8-16-14(17)19)13(18)15-7-10-6-9-4-2-3-5-12(9)20-10/h2-6,8H,7H2,1H3,(H,15,18)(H,16,19). The van der Waals surface area contributed by atoms with Gasteiger partial charge in [-0.3, -0.25) is 9.36 Å². The van der Waals surface area contributed by atoms with Crippen LogP contribution in [0.1, 0.15) is 16.2 Å². The van der Waals surface area contributed by atoms with E-state index < -0.39 is 0 Å². The Bertz CT molecular complexity index is 792. The number of carbonyl (C=O) groups is 1. The van der Waals surface area contributed by atoms with Gasteiger partial charge >= 0.3 is 5.69 Å². The third-order valence-electron chi connectivity index (χ3n) is 3.13. The topological polar surface area (TPSA) is 80.0 Å². The molecule has 6 heteroatoms. The Labute approximate surface area is 114 Å². The van der Waals surface area contributed by atoms with Gasteiger partial charge in [0.1, 0.15) is 17.0 Å². The molecule has 0 spiro atoms. The number of rotatable bonds is 3. The molecule has 0 aliphatic rings. The van der Waals surface area contributed by atoms with E-state index in [-0.39, 0.29) is 23.8 Å². The summed E-state index contributed by atoms with van der Waals surface area (Å²) in [5.74, 6) is 0.339. The number of imidazole rings is 1. The molecule has 6 nitrogen and oxygen atoms in total. The second kappa shape index (κ2) is 4.73. The predicted molar refractivity (Wildman–Crippen MR) is 73.4 cm³/mol. The van der Waals surface area contributed by atoms with E-state index in [0.29, 0.717) is 5.76 Å². The average molecular weight is 271 g/mol. The van der Waals surface area contributed by atoms with Crippen molar-refractivity contribution in [1.82, 2.24) is 14.9 Å². The number of H-pyrrole nitrogens is 1. The van der Waals surface area contributed by atoms with Crippen LogP contribution < -0.4 is 11.0 Å². The fourth-order valence-electron chi connectivity index (χ4n) is 2.03. The number of para-hydroxylation sites is 1. The van der Waals surface area contributed by atoms with Crippen molar-refractivity contribution in [3.63, 3.8) is 0 Å². The molecule has 2 aromatic heterocycles. The van der Waals surface area contributed by atoms with Crippen LogP contribution in [0.2, 0.25) is 0 Å². The van der Waals surface area contributed by atoms with Gasteiger partial charge in [0.05, 0.1) is 6.54 Å². The van der Waals surface area contributed by atoms with Gasteiger partial charge in [-0.15, -0.1) is 0 Å². The molecule has 1 aromatic carbocycles. The second-order valence-electron chi connectivity index (χ2n) is 4.47. The molecule has 102 valence electrons. The third kappa shape index (κ3) is 2.11. The zero-order chi connectivity index (χ0) is 14.1. The summed E-state index contributed by atoms with van der Waals surface area (Å²) in [4.78, 5) is 25.6. The van der Waals surface area contributed by atoms with Crippen molar-refractivity contribution < 1.29 is 9.21 Å². The number of aromatic nitrogens is 2. The van der Waals surface area contributed by atoms with Crippen LogP contribution in [-0.2, 0) is 13.6 Å². The van der Waals surface area contributed by atoms with Gasteiger partial charge in [-0.2, -0.15) is 0 Å². The number of furan rings is 1. The van der Waals surface area contributed by atoms with Gasteiger partial charge in [0.15, 0.2) is 0 Å². The zero-order valence-corrected chi connectivity index (χ0v) is 10.8. The van der Waals surface area contributed by atoms with Crippen molar-refractivity contribution in [2.45, 2.75) is 6.54 Å². The molecule has 2 N–H and O–H groups in total. The lowest BCUT2D eigenvalue weighted by molar-refractivity contribution is 0.0940. The first-order chi connectivity index (χ1) is 9.65. The average Bonchev–Trinajstić information content (AvgIpc) is 3.00. The van der Waals surface area contributed by atoms with Gasteiger partial charge in [0, 0.05) is 18.6 Å². The van der Waals surface area contributed by atoms with Crippen LogP contribution in [0.3, 0.4) is 0 Å². The lowest BCUT2D eigenvalue weighted by atomic mass is 10.2. The molecule has 0 aliphatic heterocycles. The van der Waals surface area contributed by atoms with E-state index >= 15 is 0 Å². The van der Waals surface area contributed by atoms with Gasteiger partial charge in [-0.25, -0.2) is 4.79 Å². The van der Waals surface area contributed by atoms with Gasteiger partial charge < -0.3 is 14.7 Å². The van der Waals surface area contributed by atoms with Crippen LogP contribution >= 0.6 is 0 Å². The largest absolute Gasteiger partial charge is 0.459 e. The van der Waals surface area contributed by atoms with Crippen LogP contribution in [0.25, 0.3) is 11.0 Å². The van der Waals surface area contributed by atoms with Crippen molar-refractivity contribution >= 4 is 16.9 Å². The van der Waals surface area contributed by atoms with Crippen molar-refractivity contribution in [1.29, 1.82) is 0 Å². The maximum Gasteiger partial charge on any atom is 0.325 e. The molecule has 1 amide bonds. The Morgan fingerprint density at radius 2 is 2.20 bits per heavy atom. The molecule has 0 aliphatic carbocycles. The molecular weight excluding hydrogens is 258 g/mol. The summed E-state index contributed by atoms with van der Waals surface area (Å²) in [7, 11) is 1.54. The number of aromatic amines is 1. The molecule has 0 fully saturated rings. The van der Waals surface area contributed by atoms with E-state index in [2.05, 4.69) is 10.3 Å². The molecule has 0 radical (unpaired) electrons. The van der Waals surface area contributed by atoms with Crippen LogP contribution in [0.15, 0.2) is 45.7 Å². The van der Waals surface area contributed by atoms with E-state index in [4.69, 9.17) is 4.42 Å². The summed E-state index contributed by atoms with van der Waals surface area (Å²) in [5.41, 5.74) is 0.746. The summed E-state index contributed by atoms with van der Waals surface area (Å²) in [6, 6.07) is 9.52. The number of hydrogen-bond donors (Lipinski definition) is 2. The van der Waals surface area contributed by atoms with Gasteiger partial charge in [0.25, 0.3) is 5.91 Å². The zero-order valence-electron chi connectivity index (χ0n) is 10.8. The van der Waals surface area contributed by atoms with Crippen LogP contribution in [0.5, 0.6) is 0 Å². The summed E-state index contributed by atoms with van der Waals surface area (Å²) in [6.07, 6.45) is 1.39. The Balaban J connectivity index is 1.74. The van der Waals surface area contributed by atoms with E-state index in [1.807, 2.05) is 30.3 Å². The maximum atomic E-state index is 11.9. The van der Waals surface area contributed by atoms with E-state index in [1.165, 1.54) is 17.8 Å². The molecule has 3 rings (SSSR count). The molecule has 0 atom stereocenters. The quantitative estimate of drug-likeness (QED) is 0.755. The predicted octanol–water partition coefficient (Wildman–Crippen LogP) is 1.39. The second-order valence-corrected chi connectivity index (χ2v) is 4.47. The van der Waals surface area contributed by atoms with E-state index in [0.717, 1.165) is 11.0 Å². The molecule has 2 heterocycles. The Morgan fingerprint density at radius 3 is 2.90 bits per heavy atom. The van der Waals surface area contributed by atoms with Gasteiger partial charge in [-0.1, -0.05) is 18.2 Å². The Kier molecular flexibility index (Phi) is 2.90. The first-order valence-electron chi connectivity index (χ1n) is 6.15. The van der Waals surface area contributed by atoms with Crippen molar-refractivity contribution in [2.24, 2.45) is 7.05 Å².